The molecule has 6 aromatic carbocycles. The minimum absolute atomic E-state index is 0.486. The van der Waals surface area contributed by atoms with Gasteiger partial charge in [-0.15, -0.1) is 0 Å². The van der Waals surface area contributed by atoms with Crippen molar-refractivity contribution in [1.82, 2.24) is 0 Å². The first-order valence-corrected chi connectivity index (χ1v) is 18.4. The molecular weight excluding hydrogens is 661 g/mol. The number of fused-ring (bicyclic) bond motifs is 5. The van der Waals surface area contributed by atoms with Crippen molar-refractivity contribution in [2.24, 2.45) is 0 Å². The monoisotopic (exact) mass is 706 g/mol. The SMILES string of the molecule is C=COCCCOCCOc1ccc2cc(C3(c4ccc5cc(OCCOCCCOC=C)ccc5c4)c4ccccc4-c4ccccc43)ccc2c1. The van der Waals surface area contributed by atoms with Gasteiger partial charge in [0.2, 0.25) is 0 Å². The zero-order valence-corrected chi connectivity index (χ0v) is 30.1. The summed E-state index contributed by atoms with van der Waals surface area (Å²) in [5.41, 5.74) is 7.03. The van der Waals surface area contributed by atoms with Gasteiger partial charge in [0, 0.05) is 26.1 Å². The normalized spacial score (nSPS) is 12.6. The fourth-order valence-corrected chi connectivity index (χ4v) is 7.41. The average Bonchev–Trinajstić information content (AvgIpc) is 3.50. The van der Waals surface area contributed by atoms with E-state index in [9.17, 15) is 0 Å². The Labute approximate surface area is 312 Å². The molecule has 0 spiro atoms. The molecule has 6 nitrogen and oxygen atoms in total. The lowest BCUT2D eigenvalue weighted by atomic mass is 9.67. The zero-order chi connectivity index (χ0) is 36.3. The van der Waals surface area contributed by atoms with Crippen molar-refractivity contribution in [3.05, 3.63) is 169 Å². The van der Waals surface area contributed by atoms with Crippen LogP contribution in [-0.4, -0.2) is 52.9 Å². The molecule has 0 aliphatic heterocycles. The van der Waals surface area contributed by atoms with Gasteiger partial charge in [0.1, 0.15) is 24.7 Å². The minimum atomic E-state index is -0.512. The van der Waals surface area contributed by atoms with Gasteiger partial charge in [-0.05, 0) is 91.3 Å². The van der Waals surface area contributed by atoms with Crippen LogP contribution < -0.4 is 9.47 Å². The average molecular weight is 707 g/mol. The molecule has 0 heterocycles. The quantitative estimate of drug-likeness (QED) is 0.0581. The second kappa shape index (κ2) is 17.3. The summed E-state index contributed by atoms with van der Waals surface area (Å²) in [6, 6.07) is 44.1. The van der Waals surface area contributed by atoms with Gasteiger partial charge in [0.25, 0.3) is 0 Å². The Bertz CT molecular complexity index is 2020. The number of benzene rings is 6. The maximum atomic E-state index is 6.06. The van der Waals surface area contributed by atoms with Crippen molar-refractivity contribution >= 4 is 21.5 Å². The number of ether oxygens (including phenoxy) is 6. The van der Waals surface area contributed by atoms with Gasteiger partial charge in [-0.3, -0.25) is 0 Å². The van der Waals surface area contributed by atoms with E-state index >= 15 is 0 Å². The zero-order valence-electron chi connectivity index (χ0n) is 30.1. The van der Waals surface area contributed by atoms with Gasteiger partial charge >= 0.3 is 0 Å². The first-order valence-electron chi connectivity index (χ1n) is 18.4. The van der Waals surface area contributed by atoms with Crippen molar-refractivity contribution in [2.75, 3.05) is 52.9 Å². The molecule has 1 aliphatic rings. The largest absolute Gasteiger partial charge is 0.502 e. The lowest BCUT2D eigenvalue weighted by Gasteiger charge is -2.34. The third-order valence-electron chi connectivity index (χ3n) is 9.77. The molecule has 0 unspecified atom stereocenters. The van der Waals surface area contributed by atoms with Gasteiger partial charge in [-0.25, -0.2) is 0 Å². The summed E-state index contributed by atoms with van der Waals surface area (Å²) in [7, 11) is 0. The van der Waals surface area contributed by atoms with E-state index in [1.165, 1.54) is 45.9 Å². The predicted octanol–water partition coefficient (Wildman–Crippen LogP) is 10.2. The van der Waals surface area contributed by atoms with Crippen molar-refractivity contribution < 1.29 is 28.4 Å². The molecule has 0 atom stereocenters. The van der Waals surface area contributed by atoms with Crippen LogP contribution in [0.1, 0.15) is 35.1 Å². The topological polar surface area (TPSA) is 55.4 Å². The van der Waals surface area contributed by atoms with Gasteiger partial charge in [-0.1, -0.05) is 98.1 Å². The molecular formula is C47H46O6. The van der Waals surface area contributed by atoms with Crippen molar-refractivity contribution in [2.45, 2.75) is 18.3 Å². The van der Waals surface area contributed by atoms with Crippen LogP contribution >= 0.6 is 0 Å². The van der Waals surface area contributed by atoms with Gasteiger partial charge in [-0.2, -0.15) is 0 Å². The molecule has 6 aromatic rings. The van der Waals surface area contributed by atoms with Crippen LogP contribution in [0.2, 0.25) is 0 Å². The van der Waals surface area contributed by atoms with Crippen LogP contribution in [-0.2, 0) is 24.4 Å². The standard InChI is InChI=1S/C47H46O6/c1-3-48-23-9-25-50-27-29-52-41-21-17-35-31-39(19-15-37(35)33-41)47(45-13-7-5-11-43(45)44-12-6-8-14-46(44)47)40-20-16-38-34-42(22-18-36(38)32-40)53-30-28-51-26-10-24-49-4-2/h3-8,11-22,31-34H,1-2,9-10,23-30H2. The highest BCUT2D eigenvalue weighted by Crippen LogP contribution is 2.56. The van der Waals surface area contributed by atoms with E-state index in [1.807, 2.05) is 0 Å². The minimum Gasteiger partial charge on any atom is -0.502 e. The molecule has 53 heavy (non-hydrogen) atoms. The summed E-state index contributed by atoms with van der Waals surface area (Å²) in [5.74, 6) is 1.66. The third-order valence-corrected chi connectivity index (χ3v) is 9.77. The Morgan fingerprint density at radius 2 is 0.868 bits per heavy atom. The molecule has 0 saturated heterocycles. The molecule has 0 N–H and O–H groups in total. The molecule has 0 fully saturated rings. The summed E-state index contributed by atoms with van der Waals surface area (Å²) in [5, 5.41) is 4.57. The lowest BCUT2D eigenvalue weighted by molar-refractivity contribution is 0.0861. The van der Waals surface area contributed by atoms with Crippen LogP contribution in [0.3, 0.4) is 0 Å². The second-order valence-corrected chi connectivity index (χ2v) is 13.0. The predicted molar refractivity (Wildman–Crippen MR) is 213 cm³/mol. The van der Waals surface area contributed by atoms with E-state index in [-0.39, 0.29) is 0 Å². The highest BCUT2D eigenvalue weighted by Gasteiger charge is 2.46. The molecule has 1 aliphatic carbocycles. The van der Waals surface area contributed by atoms with E-state index in [0.717, 1.165) is 45.9 Å². The fraction of sp³-hybridized carbons (Fsp3) is 0.234. The lowest BCUT2D eigenvalue weighted by Crippen LogP contribution is -2.28. The van der Waals surface area contributed by atoms with Gasteiger partial charge in [0.15, 0.2) is 0 Å². The molecule has 0 radical (unpaired) electrons. The Hall–Kier alpha value is -5.56. The molecule has 0 bridgehead atoms. The summed E-state index contributed by atoms with van der Waals surface area (Å²) >= 11 is 0. The second-order valence-electron chi connectivity index (χ2n) is 13.0. The molecule has 0 amide bonds. The summed E-state index contributed by atoms with van der Waals surface area (Å²) in [4.78, 5) is 0. The van der Waals surface area contributed by atoms with Crippen molar-refractivity contribution in [3.8, 4) is 22.6 Å². The molecule has 270 valence electrons. The number of rotatable bonds is 20. The van der Waals surface area contributed by atoms with Crippen LogP contribution in [0.4, 0.5) is 0 Å². The summed E-state index contributed by atoms with van der Waals surface area (Å²) < 4.78 is 33.8. The van der Waals surface area contributed by atoms with Crippen molar-refractivity contribution in [3.63, 3.8) is 0 Å². The van der Waals surface area contributed by atoms with Gasteiger partial charge < -0.3 is 28.4 Å². The van der Waals surface area contributed by atoms with Crippen LogP contribution in [0.25, 0.3) is 32.7 Å². The Balaban J connectivity index is 1.16. The highest BCUT2D eigenvalue weighted by atomic mass is 16.5. The first kappa shape index (κ1) is 35.8. The van der Waals surface area contributed by atoms with E-state index in [2.05, 4.69) is 134 Å². The molecule has 7 rings (SSSR count). The van der Waals surface area contributed by atoms with E-state index in [0.29, 0.717) is 52.9 Å². The van der Waals surface area contributed by atoms with Crippen LogP contribution in [0.5, 0.6) is 11.5 Å². The first-order chi connectivity index (χ1) is 26.2. The maximum absolute atomic E-state index is 6.06. The summed E-state index contributed by atoms with van der Waals surface area (Å²) in [6.45, 7) is 11.6. The third kappa shape index (κ3) is 7.80. The number of hydrogen-bond donors (Lipinski definition) is 0. The maximum Gasteiger partial charge on any atom is 0.120 e. The molecule has 0 aromatic heterocycles. The highest BCUT2D eigenvalue weighted by molar-refractivity contribution is 5.92. The molecule has 0 saturated carbocycles. The van der Waals surface area contributed by atoms with Crippen LogP contribution in [0, 0.1) is 0 Å². The Morgan fingerprint density at radius 1 is 0.434 bits per heavy atom. The molecule has 6 heteroatoms. The van der Waals surface area contributed by atoms with E-state index < -0.39 is 5.41 Å². The van der Waals surface area contributed by atoms with E-state index in [1.54, 1.807) is 0 Å². The van der Waals surface area contributed by atoms with Crippen molar-refractivity contribution in [1.29, 1.82) is 0 Å². The summed E-state index contributed by atoms with van der Waals surface area (Å²) in [6.07, 6.45) is 4.55. The Kier molecular flexibility index (Phi) is 11.7. The van der Waals surface area contributed by atoms with Gasteiger partial charge in [0.05, 0.1) is 44.4 Å². The Morgan fingerprint density at radius 3 is 1.34 bits per heavy atom. The van der Waals surface area contributed by atoms with Crippen LogP contribution in [0.15, 0.2) is 147 Å². The number of hydrogen-bond acceptors (Lipinski definition) is 6. The fourth-order valence-electron chi connectivity index (χ4n) is 7.41. The van der Waals surface area contributed by atoms with E-state index in [4.69, 9.17) is 28.4 Å². The smallest absolute Gasteiger partial charge is 0.120 e.